The van der Waals surface area contributed by atoms with Gasteiger partial charge in [-0.1, -0.05) is 42.5 Å². The van der Waals surface area contributed by atoms with E-state index in [1.54, 1.807) is 0 Å². The number of carbonyl (C=O) groups is 1. The number of aryl methyl sites for hydroxylation is 2. The molecule has 4 heteroatoms. The average Bonchev–Trinajstić information content (AvgIpc) is 2.76. The Morgan fingerprint density at radius 2 is 2.00 bits per heavy atom. The van der Waals surface area contributed by atoms with E-state index in [1.165, 1.54) is 5.56 Å². The lowest BCUT2D eigenvalue weighted by atomic mass is 10.1. The molecule has 22 heavy (non-hydrogen) atoms. The van der Waals surface area contributed by atoms with Gasteiger partial charge in [0, 0.05) is 25.7 Å². The molecule has 0 saturated carbocycles. The van der Waals surface area contributed by atoms with Gasteiger partial charge in [0.1, 0.15) is 0 Å². The summed E-state index contributed by atoms with van der Waals surface area (Å²) in [6.45, 7) is 4.58. The van der Waals surface area contributed by atoms with Crippen LogP contribution in [0.3, 0.4) is 0 Å². The van der Waals surface area contributed by atoms with Gasteiger partial charge in [-0.2, -0.15) is 5.10 Å². The number of aromatic nitrogens is 2. The second kappa shape index (κ2) is 7.59. The summed E-state index contributed by atoms with van der Waals surface area (Å²) in [4.78, 5) is 11.9. The van der Waals surface area contributed by atoms with Crippen LogP contribution in [-0.4, -0.2) is 22.2 Å². The Labute approximate surface area is 131 Å². The van der Waals surface area contributed by atoms with E-state index in [-0.39, 0.29) is 5.91 Å². The third-order valence-corrected chi connectivity index (χ3v) is 3.79. The van der Waals surface area contributed by atoms with Gasteiger partial charge in [0.25, 0.3) is 0 Å². The fourth-order valence-corrected chi connectivity index (χ4v) is 2.44. The van der Waals surface area contributed by atoms with Crippen LogP contribution in [0.15, 0.2) is 36.4 Å². The van der Waals surface area contributed by atoms with Crippen molar-refractivity contribution in [2.24, 2.45) is 7.05 Å². The summed E-state index contributed by atoms with van der Waals surface area (Å²) in [6, 6.07) is 10.0. The molecule has 0 radical (unpaired) electrons. The molecule has 0 aliphatic carbocycles. The molecule has 0 bridgehead atoms. The minimum Gasteiger partial charge on any atom is -0.353 e. The van der Waals surface area contributed by atoms with Crippen LogP contribution in [0.4, 0.5) is 0 Å². The predicted octanol–water partition coefficient (Wildman–Crippen LogP) is 2.80. The fraction of sp³-hybridized carbons (Fsp3) is 0.333. The minimum atomic E-state index is 0.0698. The molecule has 2 aromatic rings. The van der Waals surface area contributed by atoms with Crippen LogP contribution in [-0.2, 0) is 18.3 Å². The van der Waals surface area contributed by atoms with Crippen LogP contribution in [0.2, 0.25) is 0 Å². The van der Waals surface area contributed by atoms with Crippen LogP contribution in [0.1, 0.15) is 28.9 Å². The van der Waals surface area contributed by atoms with Crippen molar-refractivity contribution in [1.29, 1.82) is 0 Å². The molecule has 1 N–H and O–H groups in total. The Bertz CT molecular complexity index is 656. The molecule has 116 valence electrons. The maximum atomic E-state index is 11.9. The molecule has 2 rings (SSSR count). The van der Waals surface area contributed by atoms with Crippen molar-refractivity contribution in [1.82, 2.24) is 15.1 Å². The fourth-order valence-electron chi connectivity index (χ4n) is 2.44. The number of carbonyl (C=O) groups excluding carboxylic acids is 1. The Kier molecular flexibility index (Phi) is 5.53. The molecule has 0 unspecified atom stereocenters. The first kappa shape index (κ1) is 16.0. The zero-order valence-corrected chi connectivity index (χ0v) is 13.5. The summed E-state index contributed by atoms with van der Waals surface area (Å²) >= 11 is 0. The Hall–Kier alpha value is -2.36. The van der Waals surface area contributed by atoms with Gasteiger partial charge in [-0.3, -0.25) is 9.48 Å². The highest BCUT2D eigenvalue weighted by Crippen LogP contribution is 2.13. The van der Waals surface area contributed by atoms with Gasteiger partial charge in [0.05, 0.1) is 5.69 Å². The molecule has 0 aliphatic rings. The summed E-state index contributed by atoms with van der Waals surface area (Å²) < 4.78 is 1.87. The van der Waals surface area contributed by atoms with Crippen molar-refractivity contribution in [3.8, 4) is 0 Å². The predicted molar refractivity (Wildman–Crippen MR) is 89.5 cm³/mol. The first-order valence-corrected chi connectivity index (χ1v) is 7.55. The van der Waals surface area contributed by atoms with Crippen LogP contribution < -0.4 is 5.32 Å². The van der Waals surface area contributed by atoms with Crippen molar-refractivity contribution in [3.63, 3.8) is 0 Å². The normalized spacial score (nSPS) is 11.0. The highest BCUT2D eigenvalue weighted by molar-refractivity contribution is 5.76. The van der Waals surface area contributed by atoms with Gasteiger partial charge < -0.3 is 5.32 Å². The van der Waals surface area contributed by atoms with Gasteiger partial charge in [-0.15, -0.1) is 0 Å². The zero-order chi connectivity index (χ0) is 15.9. The van der Waals surface area contributed by atoms with E-state index in [1.807, 2.05) is 68.1 Å². The highest BCUT2D eigenvalue weighted by atomic mass is 16.1. The maximum Gasteiger partial charge on any atom is 0.220 e. The Balaban J connectivity index is 1.75. The highest BCUT2D eigenvalue weighted by Gasteiger charge is 2.10. The Morgan fingerprint density at radius 3 is 2.64 bits per heavy atom. The summed E-state index contributed by atoms with van der Waals surface area (Å²) in [5.41, 5.74) is 4.46. The van der Waals surface area contributed by atoms with Crippen molar-refractivity contribution in [2.75, 3.05) is 6.54 Å². The first-order valence-electron chi connectivity index (χ1n) is 7.55. The Morgan fingerprint density at radius 1 is 1.27 bits per heavy atom. The third kappa shape index (κ3) is 4.32. The smallest absolute Gasteiger partial charge is 0.220 e. The van der Waals surface area contributed by atoms with Gasteiger partial charge in [0.2, 0.25) is 5.91 Å². The molecule has 1 aromatic carbocycles. The molecular formula is C18H23N3O. The standard InChI is InChI=1S/C18H23N3O/c1-14-17(15(2)21(3)20-14)11-12-18(22)19-13-7-10-16-8-5-4-6-9-16/h4-10H,11-13H2,1-3H3,(H,19,22)/b10-7+. The monoisotopic (exact) mass is 297 g/mol. The summed E-state index contributed by atoms with van der Waals surface area (Å²) in [7, 11) is 1.93. The average molecular weight is 297 g/mol. The van der Waals surface area contributed by atoms with Crippen LogP contribution in [0.25, 0.3) is 6.08 Å². The van der Waals surface area contributed by atoms with Crippen molar-refractivity contribution in [3.05, 3.63) is 58.9 Å². The second-order valence-electron chi connectivity index (χ2n) is 5.39. The molecule has 0 aliphatic heterocycles. The lowest BCUT2D eigenvalue weighted by molar-refractivity contribution is -0.120. The molecule has 0 spiro atoms. The molecular weight excluding hydrogens is 274 g/mol. The second-order valence-corrected chi connectivity index (χ2v) is 5.39. The molecule has 1 heterocycles. The van der Waals surface area contributed by atoms with E-state index in [4.69, 9.17) is 0 Å². The molecule has 1 aromatic heterocycles. The van der Waals surface area contributed by atoms with E-state index >= 15 is 0 Å². The number of nitrogens with zero attached hydrogens (tertiary/aromatic N) is 2. The molecule has 1 amide bonds. The molecule has 4 nitrogen and oxygen atoms in total. The van der Waals surface area contributed by atoms with Crippen LogP contribution in [0.5, 0.6) is 0 Å². The summed E-state index contributed by atoms with van der Waals surface area (Å²) in [5.74, 6) is 0.0698. The van der Waals surface area contributed by atoms with E-state index in [0.29, 0.717) is 13.0 Å². The number of nitrogens with one attached hydrogen (secondary N) is 1. The van der Waals surface area contributed by atoms with Crippen LogP contribution >= 0.6 is 0 Å². The summed E-state index contributed by atoms with van der Waals surface area (Å²) in [6.07, 6.45) is 5.20. The van der Waals surface area contributed by atoms with Gasteiger partial charge in [-0.05, 0) is 31.4 Å². The van der Waals surface area contributed by atoms with Crippen molar-refractivity contribution < 1.29 is 4.79 Å². The van der Waals surface area contributed by atoms with Crippen molar-refractivity contribution >= 4 is 12.0 Å². The number of rotatable bonds is 6. The first-order chi connectivity index (χ1) is 10.6. The van der Waals surface area contributed by atoms with Gasteiger partial charge in [0.15, 0.2) is 0 Å². The van der Waals surface area contributed by atoms with Crippen LogP contribution in [0, 0.1) is 13.8 Å². The SMILES string of the molecule is Cc1nn(C)c(C)c1CCC(=O)NC/C=C/c1ccccc1. The van der Waals surface area contributed by atoms with E-state index in [2.05, 4.69) is 10.4 Å². The van der Waals surface area contributed by atoms with Gasteiger partial charge in [-0.25, -0.2) is 0 Å². The zero-order valence-electron chi connectivity index (χ0n) is 13.5. The number of hydrogen-bond donors (Lipinski definition) is 1. The number of hydrogen-bond acceptors (Lipinski definition) is 2. The minimum absolute atomic E-state index is 0.0698. The number of benzene rings is 1. The van der Waals surface area contributed by atoms with E-state index in [9.17, 15) is 4.79 Å². The summed E-state index contributed by atoms with van der Waals surface area (Å²) in [5, 5.41) is 7.29. The molecule has 0 fully saturated rings. The van der Waals surface area contributed by atoms with E-state index in [0.717, 1.165) is 23.4 Å². The van der Waals surface area contributed by atoms with Crippen molar-refractivity contribution in [2.45, 2.75) is 26.7 Å². The van der Waals surface area contributed by atoms with E-state index < -0.39 is 0 Å². The molecule has 0 saturated heterocycles. The van der Waals surface area contributed by atoms with Gasteiger partial charge >= 0.3 is 0 Å². The largest absolute Gasteiger partial charge is 0.353 e. The third-order valence-electron chi connectivity index (χ3n) is 3.79. The quantitative estimate of drug-likeness (QED) is 0.891. The topological polar surface area (TPSA) is 46.9 Å². The molecule has 0 atom stereocenters. The lowest BCUT2D eigenvalue weighted by Gasteiger charge is -2.03. The maximum absolute atomic E-state index is 11.9. The number of amides is 1. The lowest BCUT2D eigenvalue weighted by Crippen LogP contribution is -2.23.